The minimum Gasteiger partial charge on any atom is -0.480 e. The summed E-state index contributed by atoms with van der Waals surface area (Å²) in [6, 6.07) is -0.453. The molecular formula is C9H20N2O2. The molecule has 1 unspecified atom stereocenters. The van der Waals surface area contributed by atoms with Crippen molar-refractivity contribution in [1.29, 1.82) is 0 Å². The van der Waals surface area contributed by atoms with Crippen LogP contribution in [-0.2, 0) is 4.79 Å². The summed E-state index contributed by atoms with van der Waals surface area (Å²) in [5.74, 6) is -0.796. The van der Waals surface area contributed by atoms with Gasteiger partial charge in [-0.15, -0.1) is 0 Å². The lowest BCUT2D eigenvalue weighted by atomic mass is 9.93. The van der Waals surface area contributed by atoms with Gasteiger partial charge in [0.25, 0.3) is 0 Å². The molecular weight excluding hydrogens is 168 g/mol. The zero-order valence-electron chi connectivity index (χ0n) is 8.87. The summed E-state index contributed by atoms with van der Waals surface area (Å²) in [6.07, 6.45) is 0. The maximum absolute atomic E-state index is 10.6. The second kappa shape index (κ2) is 4.58. The fourth-order valence-corrected chi connectivity index (χ4v) is 1.07. The van der Waals surface area contributed by atoms with Crippen LogP contribution in [0, 0.1) is 5.41 Å². The molecule has 0 spiro atoms. The van der Waals surface area contributed by atoms with Crippen molar-refractivity contribution in [3.63, 3.8) is 0 Å². The topological polar surface area (TPSA) is 66.6 Å². The molecule has 0 bridgehead atoms. The summed E-state index contributed by atoms with van der Waals surface area (Å²) in [6.45, 7) is 6.98. The number of likely N-dealkylation sites (N-methyl/N-ethyl adjacent to an activating group) is 1. The van der Waals surface area contributed by atoms with E-state index in [4.69, 9.17) is 10.8 Å². The van der Waals surface area contributed by atoms with Crippen molar-refractivity contribution in [2.75, 3.05) is 20.1 Å². The first kappa shape index (κ1) is 12.4. The van der Waals surface area contributed by atoms with E-state index >= 15 is 0 Å². The molecule has 0 heterocycles. The molecule has 3 N–H and O–H groups in total. The average molecular weight is 188 g/mol. The third-order valence-electron chi connectivity index (χ3n) is 2.25. The van der Waals surface area contributed by atoms with Gasteiger partial charge in [-0.2, -0.15) is 0 Å². The van der Waals surface area contributed by atoms with E-state index in [1.807, 2.05) is 13.8 Å². The Labute approximate surface area is 79.7 Å². The maximum atomic E-state index is 10.6. The van der Waals surface area contributed by atoms with Crippen molar-refractivity contribution in [2.45, 2.75) is 26.8 Å². The molecule has 0 saturated heterocycles. The van der Waals surface area contributed by atoms with Gasteiger partial charge < -0.3 is 10.8 Å². The lowest BCUT2D eigenvalue weighted by molar-refractivity contribution is -0.142. The standard InChI is InChI=1S/C9H20N2O2/c1-7(8(12)13)11(4)6-9(2,3)5-10/h7H,5-6,10H2,1-4H3,(H,12,13). The largest absolute Gasteiger partial charge is 0.480 e. The quantitative estimate of drug-likeness (QED) is 0.654. The lowest BCUT2D eigenvalue weighted by Gasteiger charge is -2.31. The number of nitrogens with two attached hydrogens (primary N) is 1. The number of aliphatic carboxylic acids is 1. The molecule has 0 fully saturated rings. The molecule has 0 aliphatic carbocycles. The van der Waals surface area contributed by atoms with Gasteiger partial charge in [0.05, 0.1) is 0 Å². The Bertz CT molecular complexity index is 180. The van der Waals surface area contributed by atoms with Gasteiger partial charge in [-0.25, -0.2) is 0 Å². The van der Waals surface area contributed by atoms with Crippen molar-refractivity contribution in [1.82, 2.24) is 4.90 Å². The lowest BCUT2D eigenvalue weighted by Crippen LogP contribution is -2.43. The number of hydrogen-bond acceptors (Lipinski definition) is 3. The molecule has 1 atom stereocenters. The second-order valence-corrected chi connectivity index (χ2v) is 4.30. The molecule has 4 heteroatoms. The van der Waals surface area contributed by atoms with Crippen LogP contribution in [-0.4, -0.2) is 42.2 Å². The van der Waals surface area contributed by atoms with E-state index in [0.717, 1.165) is 0 Å². The van der Waals surface area contributed by atoms with Crippen LogP contribution >= 0.6 is 0 Å². The number of rotatable bonds is 5. The van der Waals surface area contributed by atoms with Crippen LogP contribution < -0.4 is 5.73 Å². The number of hydrogen-bond donors (Lipinski definition) is 2. The van der Waals surface area contributed by atoms with E-state index in [2.05, 4.69) is 0 Å². The maximum Gasteiger partial charge on any atom is 0.320 e. The average Bonchev–Trinajstić information content (AvgIpc) is 2.02. The van der Waals surface area contributed by atoms with Crippen LogP contribution in [0.25, 0.3) is 0 Å². The second-order valence-electron chi connectivity index (χ2n) is 4.30. The molecule has 0 radical (unpaired) electrons. The Balaban J connectivity index is 4.14. The third kappa shape index (κ3) is 4.24. The highest BCUT2D eigenvalue weighted by atomic mass is 16.4. The first-order valence-electron chi connectivity index (χ1n) is 4.43. The first-order chi connectivity index (χ1) is 5.80. The highest BCUT2D eigenvalue weighted by Gasteiger charge is 2.23. The Hall–Kier alpha value is -0.610. The van der Waals surface area contributed by atoms with E-state index in [1.54, 1.807) is 18.9 Å². The van der Waals surface area contributed by atoms with E-state index in [-0.39, 0.29) is 5.41 Å². The predicted octanol–water partition coefficient (Wildman–Crippen LogP) is 0.376. The molecule has 78 valence electrons. The van der Waals surface area contributed by atoms with Crippen molar-refractivity contribution in [2.24, 2.45) is 11.1 Å². The van der Waals surface area contributed by atoms with Crippen LogP contribution in [0.3, 0.4) is 0 Å². The molecule has 0 aromatic heterocycles. The van der Waals surface area contributed by atoms with Crippen molar-refractivity contribution >= 4 is 5.97 Å². The molecule has 13 heavy (non-hydrogen) atoms. The third-order valence-corrected chi connectivity index (χ3v) is 2.25. The summed E-state index contributed by atoms with van der Waals surface area (Å²) in [7, 11) is 1.80. The normalized spacial score (nSPS) is 14.6. The fraction of sp³-hybridized carbons (Fsp3) is 0.889. The minimum absolute atomic E-state index is 0.0293. The van der Waals surface area contributed by atoms with Gasteiger partial charge >= 0.3 is 5.97 Å². The molecule has 0 aromatic rings. The van der Waals surface area contributed by atoms with E-state index in [9.17, 15) is 4.79 Å². The smallest absolute Gasteiger partial charge is 0.320 e. The number of carbonyl (C=O) groups is 1. The van der Waals surface area contributed by atoms with Crippen LogP contribution in [0.15, 0.2) is 0 Å². The summed E-state index contributed by atoms with van der Waals surface area (Å²) in [5, 5.41) is 8.75. The summed E-state index contributed by atoms with van der Waals surface area (Å²) < 4.78 is 0. The van der Waals surface area contributed by atoms with E-state index in [0.29, 0.717) is 13.1 Å². The number of carboxylic acids is 1. The molecule has 0 rings (SSSR count). The van der Waals surface area contributed by atoms with E-state index < -0.39 is 12.0 Å². The molecule has 0 amide bonds. The summed E-state index contributed by atoms with van der Waals surface area (Å²) >= 11 is 0. The van der Waals surface area contributed by atoms with Gasteiger partial charge in [0.1, 0.15) is 6.04 Å². The Morgan fingerprint density at radius 3 is 2.38 bits per heavy atom. The van der Waals surface area contributed by atoms with Gasteiger partial charge in [0.15, 0.2) is 0 Å². The molecule has 4 nitrogen and oxygen atoms in total. The first-order valence-corrected chi connectivity index (χ1v) is 4.43. The van der Waals surface area contributed by atoms with Crippen molar-refractivity contribution in [3.05, 3.63) is 0 Å². The van der Waals surface area contributed by atoms with Gasteiger partial charge in [0, 0.05) is 6.54 Å². The minimum atomic E-state index is -0.796. The van der Waals surface area contributed by atoms with Crippen LogP contribution in [0.1, 0.15) is 20.8 Å². The number of carboxylic acid groups (broad SMARTS) is 1. The fourth-order valence-electron chi connectivity index (χ4n) is 1.07. The zero-order valence-corrected chi connectivity index (χ0v) is 8.87. The van der Waals surface area contributed by atoms with Crippen molar-refractivity contribution < 1.29 is 9.90 Å². The van der Waals surface area contributed by atoms with Gasteiger partial charge in [-0.1, -0.05) is 13.8 Å². The highest BCUT2D eigenvalue weighted by molar-refractivity contribution is 5.72. The number of nitrogens with zero attached hydrogens (tertiary/aromatic N) is 1. The molecule has 0 aromatic carbocycles. The Kier molecular flexibility index (Phi) is 4.36. The van der Waals surface area contributed by atoms with Gasteiger partial charge in [-0.05, 0) is 25.9 Å². The summed E-state index contributed by atoms with van der Waals surface area (Å²) in [5.41, 5.74) is 5.53. The molecule has 0 saturated carbocycles. The zero-order chi connectivity index (χ0) is 10.6. The Morgan fingerprint density at radius 2 is 2.08 bits per heavy atom. The van der Waals surface area contributed by atoms with Gasteiger partial charge in [0.2, 0.25) is 0 Å². The van der Waals surface area contributed by atoms with Crippen LogP contribution in [0.4, 0.5) is 0 Å². The van der Waals surface area contributed by atoms with Crippen LogP contribution in [0.5, 0.6) is 0 Å². The monoisotopic (exact) mass is 188 g/mol. The molecule has 0 aliphatic rings. The van der Waals surface area contributed by atoms with Crippen LogP contribution in [0.2, 0.25) is 0 Å². The predicted molar refractivity (Wildman–Crippen MR) is 52.6 cm³/mol. The highest BCUT2D eigenvalue weighted by Crippen LogP contribution is 2.15. The summed E-state index contributed by atoms with van der Waals surface area (Å²) in [4.78, 5) is 12.4. The Morgan fingerprint density at radius 1 is 1.62 bits per heavy atom. The van der Waals surface area contributed by atoms with Crippen molar-refractivity contribution in [3.8, 4) is 0 Å². The van der Waals surface area contributed by atoms with Gasteiger partial charge in [-0.3, -0.25) is 9.69 Å². The van der Waals surface area contributed by atoms with E-state index in [1.165, 1.54) is 0 Å². The SMILES string of the molecule is CC(C(=O)O)N(C)CC(C)(C)CN. The molecule has 0 aliphatic heterocycles.